The molecule has 0 spiro atoms. The summed E-state index contributed by atoms with van der Waals surface area (Å²) in [6.45, 7) is 3.83. The van der Waals surface area contributed by atoms with Gasteiger partial charge in [0.25, 0.3) is 11.6 Å². The number of rotatable bonds is 4. The van der Waals surface area contributed by atoms with Gasteiger partial charge in [-0.3, -0.25) is 14.9 Å². The summed E-state index contributed by atoms with van der Waals surface area (Å²) in [7, 11) is 0. The van der Waals surface area contributed by atoms with E-state index in [0.29, 0.717) is 17.2 Å². The summed E-state index contributed by atoms with van der Waals surface area (Å²) in [4.78, 5) is 27.7. The smallest absolute Gasteiger partial charge is 0.288 e. The number of amides is 1. The normalized spacial score (nSPS) is 10.9. The van der Waals surface area contributed by atoms with Crippen LogP contribution in [0.1, 0.15) is 21.5 Å². The first-order valence-corrected chi connectivity index (χ1v) is 9.44. The second-order valence-corrected chi connectivity index (χ2v) is 7.25. The van der Waals surface area contributed by atoms with E-state index >= 15 is 0 Å². The molecule has 1 aromatic heterocycles. The van der Waals surface area contributed by atoms with E-state index in [1.54, 1.807) is 12.1 Å². The van der Waals surface area contributed by atoms with Crippen molar-refractivity contribution in [1.82, 2.24) is 4.98 Å². The van der Waals surface area contributed by atoms with Crippen LogP contribution < -0.4 is 5.32 Å². The molecule has 0 fully saturated rings. The van der Waals surface area contributed by atoms with Crippen LogP contribution in [0, 0.1) is 24.0 Å². The second-order valence-electron chi connectivity index (χ2n) is 6.85. The first-order valence-electron chi connectivity index (χ1n) is 9.06. The predicted octanol–water partition coefficient (Wildman–Crippen LogP) is 5.93. The molecule has 8 heteroatoms. The number of aromatic nitrogens is 1. The first-order chi connectivity index (χ1) is 14.3. The quantitative estimate of drug-likeness (QED) is 0.325. The monoisotopic (exact) mass is 421 g/mol. The molecule has 4 aromatic rings. The van der Waals surface area contributed by atoms with Gasteiger partial charge in [0.1, 0.15) is 10.5 Å². The summed E-state index contributed by atoms with van der Waals surface area (Å²) in [5, 5.41) is 13.8. The van der Waals surface area contributed by atoms with E-state index in [2.05, 4.69) is 10.3 Å². The summed E-state index contributed by atoms with van der Waals surface area (Å²) in [6, 6.07) is 15.1. The molecule has 0 saturated heterocycles. The molecular formula is C22H16ClN3O4. The van der Waals surface area contributed by atoms with Crippen LogP contribution in [-0.4, -0.2) is 15.8 Å². The van der Waals surface area contributed by atoms with Gasteiger partial charge in [-0.1, -0.05) is 23.7 Å². The van der Waals surface area contributed by atoms with Gasteiger partial charge in [-0.15, -0.1) is 0 Å². The second kappa shape index (κ2) is 7.61. The number of aryl methyl sites for hydroxylation is 1. The molecule has 0 saturated carbocycles. The van der Waals surface area contributed by atoms with Crippen LogP contribution in [0.15, 0.2) is 59.0 Å². The minimum Gasteiger partial charge on any atom is -0.436 e. The average Bonchev–Trinajstić information content (AvgIpc) is 3.12. The largest absolute Gasteiger partial charge is 0.436 e. The molecule has 0 unspecified atom stereocenters. The van der Waals surface area contributed by atoms with E-state index < -0.39 is 10.8 Å². The number of hydrogen-bond donors (Lipinski definition) is 1. The third-order valence-corrected chi connectivity index (χ3v) is 5.08. The molecule has 30 heavy (non-hydrogen) atoms. The van der Waals surface area contributed by atoms with Gasteiger partial charge in [0.2, 0.25) is 5.89 Å². The van der Waals surface area contributed by atoms with Gasteiger partial charge in [0, 0.05) is 22.9 Å². The van der Waals surface area contributed by atoms with Crippen molar-refractivity contribution in [2.24, 2.45) is 0 Å². The van der Waals surface area contributed by atoms with Crippen molar-refractivity contribution in [1.29, 1.82) is 0 Å². The Labute approximate surface area is 176 Å². The number of benzene rings is 3. The van der Waals surface area contributed by atoms with E-state index in [1.165, 1.54) is 12.1 Å². The van der Waals surface area contributed by atoms with Crippen molar-refractivity contribution < 1.29 is 14.1 Å². The van der Waals surface area contributed by atoms with Gasteiger partial charge < -0.3 is 9.73 Å². The highest BCUT2D eigenvalue weighted by molar-refractivity contribution is 6.32. The van der Waals surface area contributed by atoms with E-state index in [-0.39, 0.29) is 16.3 Å². The molecule has 0 bridgehead atoms. The molecule has 150 valence electrons. The maximum Gasteiger partial charge on any atom is 0.288 e. The molecule has 1 heterocycles. The number of carbonyl (C=O) groups is 1. The minimum absolute atomic E-state index is 0.0269. The minimum atomic E-state index is -0.625. The highest BCUT2D eigenvalue weighted by Gasteiger charge is 2.18. The van der Waals surface area contributed by atoms with E-state index in [0.717, 1.165) is 28.3 Å². The number of hydrogen-bond acceptors (Lipinski definition) is 5. The fourth-order valence-electron chi connectivity index (χ4n) is 3.14. The van der Waals surface area contributed by atoms with Gasteiger partial charge in [0.05, 0.1) is 4.92 Å². The highest BCUT2D eigenvalue weighted by Crippen LogP contribution is 2.31. The molecule has 0 atom stereocenters. The summed E-state index contributed by atoms with van der Waals surface area (Å²) in [5.74, 6) is -0.0328. The summed E-state index contributed by atoms with van der Waals surface area (Å²) in [5.41, 5.74) is 4.38. The number of nitro benzene ring substituents is 1. The van der Waals surface area contributed by atoms with Crippen LogP contribution in [0.25, 0.3) is 22.6 Å². The molecule has 3 aromatic carbocycles. The maximum atomic E-state index is 12.7. The van der Waals surface area contributed by atoms with Gasteiger partial charge in [-0.2, -0.15) is 0 Å². The van der Waals surface area contributed by atoms with Crippen molar-refractivity contribution in [2.45, 2.75) is 13.8 Å². The number of anilines is 1. The van der Waals surface area contributed by atoms with Gasteiger partial charge in [-0.05, 0) is 61.4 Å². The zero-order valence-electron chi connectivity index (χ0n) is 16.1. The number of carbonyl (C=O) groups excluding carboxylic acids is 1. The molecule has 0 aliphatic carbocycles. The van der Waals surface area contributed by atoms with E-state index in [4.69, 9.17) is 16.0 Å². The Balaban J connectivity index is 1.67. The molecule has 0 radical (unpaired) electrons. The lowest BCUT2D eigenvalue weighted by Gasteiger charge is -2.11. The van der Waals surface area contributed by atoms with E-state index in [1.807, 2.05) is 38.1 Å². The summed E-state index contributed by atoms with van der Waals surface area (Å²) in [6.07, 6.45) is 0. The predicted molar refractivity (Wildman–Crippen MR) is 115 cm³/mol. The fourth-order valence-corrected chi connectivity index (χ4v) is 3.33. The lowest BCUT2D eigenvalue weighted by atomic mass is 10.1. The Kier molecular flexibility index (Phi) is 4.97. The number of nitrogens with zero attached hydrogens (tertiary/aromatic N) is 2. The Bertz CT molecular complexity index is 1310. The average molecular weight is 422 g/mol. The zero-order chi connectivity index (χ0) is 21.4. The third kappa shape index (κ3) is 3.62. The number of fused-ring (bicyclic) bond motifs is 1. The molecular weight excluding hydrogens is 406 g/mol. The van der Waals surface area contributed by atoms with Crippen molar-refractivity contribution in [3.05, 3.63) is 86.4 Å². The number of halogens is 1. The molecule has 0 aliphatic heterocycles. The van der Waals surface area contributed by atoms with Gasteiger partial charge in [-0.25, -0.2) is 4.98 Å². The Morgan fingerprint density at radius 3 is 2.70 bits per heavy atom. The van der Waals surface area contributed by atoms with Crippen molar-refractivity contribution in [3.63, 3.8) is 0 Å². The fraction of sp³-hybridized carbons (Fsp3) is 0.0909. The SMILES string of the molecule is Cc1ccc2oc(-c3cccc(NC(=O)c4ccc(Cl)c([N+](=O)[O-])c4)c3C)nc2c1. The van der Waals surface area contributed by atoms with Crippen LogP contribution in [0.2, 0.25) is 5.02 Å². The topological polar surface area (TPSA) is 98.3 Å². The van der Waals surface area contributed by atoms with Gasteiger partial charge in [0.15, 0.2) is 5.58 Å². The molecule has 0 aliphatic rings. The Hall–Kier alpha value is -3.71. The molecule has 4 rings (SSSR count). The Morgan fingerprint density at radius 1 is 1.13 bits per heavy atom. The molecule has 7 nitrogen and oxygen atoms in total. The van der Waals surface area contributed by atoms with Crippen molar-refractivity contribution in [2.75, 3.05) is 5.32 Å². The van der Waals surface area contributed by atoms with Crippen LogP contribution in [0.5, 0.6) is 0 Å². The lowest BCUT2D eigenvalue weighted by molar-refractivity contribution is -0.384. The van der Waals surface area contributed by atoms with Crippen molar-refractivity contribution in [3.8, 4) is 11.5 Å². The summed E-state index contributed by atoms with van der Waals surface area (Å²) < 4.78 is 5.88. The first kappa shape index (κ1) is 19.6. The van der Waals surface area contributed by atoms with Crippen molar-refractivity contribution >= 4 is 40.0 Å². The molecule has 1 N–H and O–H groups in total. The third-order valence-electron chi connectivity index (χ3n) is 4.76. The van der Waals surface area contributed by atoms with Crippen LogP contribution in [0.3, 0.4) is 0 Å². The Morgan fingerprint density at radius 2 is 1.93 bits per heavy atom. The van der Waals surface area contributed by atoms with Crippen LogP contribution in [-0.2, 0) is 0 Å². The summed E-state index contributed by atoms with van der Waals surface area (Å²) >= 11 is 5.82. The van der Waals surface area contributed by atoms with E-state index in [9.17, 15) is 14.9 Å². The van der Waals surface area contributed by atoms with Crippen LogP contribution >= 0.6 is 11.6 Å². The maximum absolute atomic E-state index is 12.7. The lowest BCUT2D eigenvalue weighted by Crippen LogP contribution is -2.13. The zero-order valence-corrected chi connectivity index (χ0v) is 16.9. The highest BCUT2D eigenvalue weighted by atomic mass is 35.5. The van der Waals surface area contributed by atoms with Crippen LogP contribution in [0.4, 0.5) is 11.4 Å². The standard InChI is InChI=1S/C22H16ClN3O4/c1-12-6-9-20-18(10-12)25-22(30-20)15-4-3-5-17(13(15)2)24-21(27)14-7-8-16(23)19(11-14)26(28)29/h3-11H,1-2H3,(H,24,27). The number of nitro groups is 1. The van der Waals surface area contributed by atoms with Gasteiger partial charge >= 0.3 is 0 Å². The molecule has 1 amide bonds. The number of oxazole rings is 1. The number of nitrogens with one attached hydrogen (secondary N) is 1.